The summed E-state index contributed by atoms with van der Waals surface area (Å²) in [6.45, 7) is 5.74. The van der Waals surface area contributed by atoms with Crippen LogP contribution in [0.4, 0.5) is 0 Å². The Morgan fingerprint density at radius 3 is 2.50 bits per heavy atom. The first-order valence-corrected chi connectivity index (χ1v) is 8.22. The average molecular weight is 355 g/mol. The lowest BCUT2D eigenvalue weighted by Crippen LogP contribution is -2.16. The van der Waals surface area contributed by atoms with Gasteiger partial charge in [0.1, 0.15) is 17.2 Å². The van der Waals surface area contributed by atoms with Crippen LogP contribution in [0.15, 0.2) is 35.1 Å². The van der Waals surface area contributed by atoms with Crippen LogP contribution >= 0.6 is 0 Å². The molecule has 3 N–H and O–H groups in total. The SMILES string of the molecule is COc1ccc(-n2c(-c3cc(C(C)C)c(O)cc3O)n[nH]c2=O)cc1C. The number of H-pyrrole nitrogens is 1. The van der Waals surface area contributed by atoms with Crippen LogP contribution in [-0.4, -0.2) is 32.1 Å². The summed E-state index contributed by atoms with van der Waals surface area (Å²) in [6, 6.07) is 8.24. The second kappa shape index (κ2) is 6.59. The van der Waals surface area contributed by atoms with E-state index in [1.54, 1.807) is 31.4 Å². The maximum Gasteiger partial charge on any atom is 0.348 e. The van der Waals surface area contributed by atoms with Crippen molar-refractivity contribution in [2.75, 3.05) is 7.11 Å². The van der Waals surface area contributed by atoms with E-state index in [4.69, 9.17) is 4.74 Å². The van der Waals surface area contributed by atoms with Crippen molar-refractivity contribution >= 4 is 0 Å². The van der Waals surface area contributed by atoms with Gasteiger partial charge in [0.15, 0.2) is 5.82 Å². The highest BCUT2D eigenvalue weighted by Gasteiger charge is 2.19. The van der Waals surface area contributed by atoms with Crippen molar-refractivity contribution in [2.45, 2.75) is 26.7 Å². The molecule has 0 aliphatic carbocycles. The molecule has 136 valence electrons. The first kappa shape index (κ1) is 17.6. The Bertz CT molecular complexity index is 1020. The van der Waals surface area contributed by atoms with Crippen molar-refractivity contribution in [3.05, 3.63) is 51.9 Å². The molecular formula is C19H21N3O4. The van der Waals surface area contributed by atoms with Gasteiger partial charge in [-0.25, -0.2) is 14.5 Å². The smallest absolute Gasteiger partial charge is 0.348 e. The predicted molar refractivity (Wildman–Crippen MR) is 98.3 cm³/mol. The predicted octanol–water partition coefficient (Wildman–Crippen LogP) is 3.08. The van der Waals surface area contributed by atoms with E-state index in [0.717, 1.165) is 5.56 Å². The lowest BCUT2D eigenvalue weighted by molar-refractivity contribution is 0.411. The van der Waals surface area contributed by atoms with Gasteiger partial charge in [0.25, 0.3) is 0 Å². The minimum atomic E-state index is -0.428. The molecule has 0 saturated carbocycles. The Morgan fingerprint density at radius 2 is 1.88 bits per heavy atom. The molecule has 0 amide bonds. The van der Waals surface area contributed by atoms with Crippen LogP contribution in [0.25, 0.3) is 17.1 Å². The lowest BCUT2D eigenvalue weighted by Gasteiger charge is -2.13. The number of ether oxygens (including phenoxy) is 1. The molecule has 0 fully saturated rings. The number of phenolic OH excluding ortho intramolecular Hbond substituents is 2. The largest absolute Gasteiger partial charge is 0.508 e. The highest BCUT2D eigenvalue weighted by molar-refractivity contribution is 5.69. The summed E-state index contributed by atoms with van der Waals surface area (Å²) < 4.78 is 6.64. The molecule has 0 radical (unpaired) electrons. The highest BCUT2D eigenvalue weighted by Crippen LogP contribution is 2.37. The Labute approximate surface area is 150 Å². The summed E-state index contributed by atoms with van der Waals surface area (Å²) in [6.07, 6.45) is 0. The molecule has 0 atom stereocenters. The molecule has 3 rings (SSSR count). The number of hydrogen-bond donors (Lipinski definition) is 3. The van der Waals surface area contributed by atoms with Crippen LogP contribution in [0.5, 0.6) is 17.2 Å². The van der Waals surface area contributed by atoms with Crippen molar-refractivity contribution in [2.24, 2.45) is 0 Å². The van der Waals surface area contributed by atoms with Gasteiger partial charge in [-0.3, -0.25) is 0 Å². The molecule has 7 nitrogen and oxygen atoms in total. The molecule has 7 heteroatoms. The van der Waals surface area contributed by atoms with E-state index in [1.807, 2.05) is 20.8 Å². The van der Waals surface area contributed by atoms with E-state index in [-0.39, 0.29) is 23.2 Å². The molecule has 1 aromatic heterocycles. The van der Waals surface area contributed by atoms with Gasteiger partial charge in [0.05, 0.1) is 18.4 Å². The van der Waals surface area contributed by atoms with Crippen LogP contribution in [0.2, 0.25) is 0 Å². The Morgan fingerprint density at radius 1 is 1.15 bits per heavy atom. The number of rotatable bonds is 4. The second-order valence-corrected chi connectivity index (χ2v) is 6.42. The van der Waals surface area contributed by atoms with Crippen LogP contribution in [0.1, 0.15) is 30.9 Å². The lowest BCUT2D eigenvalue weighted by atomic mass is 9.98. The van der Waals surface area contributed by atoms with Gasteiger partial charge in [-0.1, -0.05) is 13.8 Å². The zero-order chi connectivity index (χ0) is 19.0. The quantitative estimate of drug-likeness (QED) is 0.668. The zero-order valence-corrected chi connectivity index (χ0v) is 15.1. The Hall–Kier alpha value is -3.22. The van der Waals surface area contributed by atoms with E-state index in [9.17, 15) is 15.0 Å². The third kappa shape index (κ3) is 2.92. The Kier molecular flexibility index (Phi) is 4.46. The van der Waals surface area contributed by atoms with Gasteiger partial charge < -0.3 is 14.9 Å². The molecule has 1 heterocycles. The highest BCUT2D eigenvalue weighted by atomic mass is 16.5. The summed E-state index contributed by atoms with van der Waals surface area (Å²) in [5.74, 6) is 0.862. The number of hydrogen-bond acceptors (Lipinski definition) is 5. The number of aromatic amines is 1. The molecule has 0 spiro atoms. The molecule has 3 aromatic rings. The number of phenols is 2. The van der Waals surface area contributed by atoms with Gasteiger partial charge in [-0.2, -0.15) is 5.10 Å². The van der Waals surface area contributed by atoms with E-state index >= 15 is 0 Å². The second-order valence-electron chi connectivity index (χ2n) is 6.42. The number of nitrogens with one attached hydrogen (secondary N) is 1. The van der Waals surface area contributed by atoms with E-state index in [2.05, 4.69) is 10.2 Å². The summed E-state index contributed by atoms with van der Waals surface area (Å²) in [4.78, 5) is 12.4. The topological polar surface area (TPSA) is 100 Å². The standard InChI is InChI=1S/C19H21N3O4/c1-10(2)13-8-14(16(24)9-15(13)23)18-20-21-19(25)22(18)12-5-6-17(26-4)11(3)7-12/h5-10,23-24H,1-4H3,(H,21,25). The van der Waals surface area contributed by atoms with Crippen molar-refractivity contribution in [1.82, 2.24) is 14.8 Å². The summed E-state index contributed by atoms with van der Waals surface area (Å²) >= 11 is 0. The van der Waals surface area contributed by atoms with Gasteiger partial charge in [-0.05, 0) is 48.2 Å². The first-order valence-electron chi connectivity index (χ1n) is 8.22. The van der Waals surface area contributed by atoms with Crippen molar-refractivity contribution in [3.63, 3.8) is 0 Å². The minimum Gasteiger partial charge on any atom is -0.508 e. The molecule has 0 aliphatic rings. The van der Waals surface area contributed by atoms with Crippen molar-refractivity contribution < 1.29 is 14.9 Å². The number of aromatic nitrogens is 3. The van der Waals surface area contributed by atoms with Crippen molar-refractivity contribution in [3.8, 4) is 34.3 Å². The van der Waals surface area contributed by atoms with Crippen molar-refractivity contribution in [1.29, 1.82) is 0 Å². The number of aryl methyl sites for hydroxylation is 1. The number of nitrogens with zero attached hydrogens (tertiary/aromatic N) is 2. The molecule has 26 heavy (non-hydrogen) atoms. The fraction of sp³-hybridized carbons (Fsp3) is 0.263. The maximum absolute atomic E-state index is 12.4. The fourth-order valence-electron chi connectivity index (χ4n) is 2.95. The third-order valence-corrected chi connectivity index (χ3v) is 4.32. The summed E-state index contributed by atoms with van der Waals surface area (Å²) in [7, 11) is 1.58. The normalized spacial score (nSPS) is 11.1. The molecule has 0 bridgehead atoms. The number of benzene rings is 2. The van der Waals surface area contributed by atoms with Crippen LogP contribution < -0.4 is 10.4 Å². The minimum absolute atomic E-state index is 0.00553. The van der Waals surface area contributed by atoms with E-state index in [0.29, 0.717) is 22.6 Å². The van der Waals surface area contributed by atoms with Gasteiger partial charge in [-0.15, -0.1) is 0 Å². The number of methoxy groups -OCH3 is 1. The molecule has 0 unspecified atom stereocenters. The van der Waals surface area contributed by atoms with Gasteiger partial charge in [0, 0.05) is 6.07 Å². The van der Waals surface area contributed by atoms with Gasteiger partial charge in [0.2, 0.25) is 0 Å². The Balaban J connectivity index is 2.23. The van der Waals surface area contributed by atoms with E-state index in [1.165, 1.54) is 10.6 Å². The summed E-state index contributed by atoms with van der Waals surface area (Å²) in [5, 5.41) is 26.9. The molecule has 0 aliphatic heterocycles. The fourth-order valence-corrected chi connectivity index (χ4v) is 2.95. The number of aromatic hydroxyl groups is 2. The maximum atomic E-state index is 12.4. The molecule has 0 saturated heterocycles. The van der Waals surface area contributed by atoms with Crippen LogP contribution in [-0.2, 0) is 0 Å². The van der Waals surface area contributed by atoms with E-state index < -0.39 is 5.69 Å². The zero-order valence-electron chi connectivity index (χ0n) is 15.1. The molecule has 2 aromatic carbocycles. The van der Waals surface area contributed by atoms with Crippen LogP contribution in [0.3, 0.4) is 0 Å². The average Bonchev–Trinajstić information content (AvgIpc) is 2.96. The van der Waals surface area contributed by atoms with Crippen LogP contribution in [0, 0.1) is 6.92 Å². The first-order chi connectivity index (χ1) is 12.3. The summed E-state index contributed by atoms with van der Waals surface area (Å²) in [5.41, 5.74) is 2.05. The molecular weight excluding hydrogens is 334 g/mol. The monoisotopic (exact) mass is 355 g/mol. The van der Waals surface area contributed by atoms with Gasteiger partial charge >= 0.3 is 5.69 Å². The third-order valence-electron chi connectivity index (χ3n) is 4.32.